The van der Waals surface area contributed by atoms with E-state index in [-0.39, 0.29) is 18.3 Å². The van der Waals surface area contributed by atoms with Crippen LogP contribution in [0.3, 0.4) is 0 Å². The molecule has 0 unspecified atom stereocenters. The number of aromatic nitrogens is 1. The largest absolute Gasteiger partial charge is 0.503 e. The number of methoxy groups -OCH3 is 1. The summed E-state index contributed by atoms with van der Waals surface area (Å²) in [5, 5.41) is 13.1. The van der Waals surface area contributed by atoms with Gasteiger partial charge in [-0.3, -0.25) is 14.4 Å². The second-order valence-electron chi connectivity index (χ2n) is 9.27. The lowest BCUT2D eigenvalue weighted by atomic mass is 10.0. The van der Waals surface area contributed by atoms with Crippen molar-refractivity contribution < 1.29 is 37.3 Å². The molecular formula is C24H24F3N3O6S. The first-order valence-electron chi connectivity index (χ1n) is 11.6. The summed E-state index contributed by atoms with van der Waals surface area (Å²) in [6, 6.07) is 0.188. The van der Waals surface area contributed by atoms with Crippen LogP contribution in [0, 0.1) is 17.5 Å². The van der Waals surface area contributed by atoms with Gasteiger partial charge in [-0.25, -0.2) is 13.2 Å². The molecule has 1 aromatic heterocycles. The predicted molar refractivity (Wildman–Crippen MR) is 126 cm³/mol. The van der Waals surface area contributed by atoms with E-state index >= 15 is 0 Å². The Bertz CT molecular complexity index is 1330. The van der Waals surface area contributed by atoms with Crippen LogP contribution in [0.4, 0.5) is 13.2 Å². The van der Waals surface area contributed by atoms with Crippen LogP contribution >= 0.6 is 11.8 Å². The monoisotopic (exact) mass is 539 g/mol. The molecule has 2 aromatic rings. The average molecular weight is 540 g/mol. The molecule has 2 amide bonds. The predicted octanol–water partition coefficient (Wildman–Crippen LogP) is 2.51. The fourth-order valence-corrected chi connectivity index (χ4v) is 6.56. The molecule has 3 aliphatic rings. The van der Waals surface area contributed by atoms with Gasteiger partial charge in [0, 0.05) is 55.9 Å². The first-order chi connectivity index (χ1) is 17.6. The molecule has 4 atom stereocenters. The molecule has 2 N–H and O–H groups in total. The number of hydrogen-bond acceptors (Lipinski definition) is 7. The van der Waals surface area contributed by atoms with Gasteiger partial charge < -0.3 is 29.4 Å². The van der Waals surface area contributed by atoms with Gasteiger partial charge in [0.25, 0.3) is 11.8 Å². The fourth-order valence-electron chi connectivity index (χ4n) is 5.12. The van der Waals surface area contributed by atoms with E-state index in [0.717, 1.165) is 0 Å². The van der Waals surface area contributed by atoms with Crippen LogP contribution in [-0.2, 0) is 16.0 Å². The quantitative estimate of drug-likeness (QED) is 0.615. The maximum Gasteiger partial charge on any atom is 0.274 e. The van der Waals surface area contributed by atoms with E-state index in [1.807, 2.05) is 6.92 Å². The molecule has 2 bridgehead atoms. The van der Waals surface area contributed by atoms with E-state index in [1.165, 1.54) is 29.6 Å². The minimum absolute atomic E-state index is 0.188. The third-order valence-corrected chi connectivity index (χ3v) is 8.66. The van der Waals surface area contributed by atoms with E-state index < -0.39 is 75.4 Å². The van der Waals surface area contributed by atoms with Crippen molar-refractivity contribution in [1.82, 2.24) is 14.8 Å². The number of ether oxygens (including phenoxy) is 2. The molecule has 5 rings (SSSR count). The summed E-state index contributed by atoms with van der Waals surface area (Å²) in [4.78, 5) is 39.9. The molecule has 9 nitrogen and oxygen atoms in total. The fraction of sp³-hybridized carbons (Fsp3) is 0.458. The topological polar surface area (TPSA) is 110 Å². The lowest BCUT2D eigenvalue weighted by molar-refractivity contribution is -0.155. The van der Waals surface area contributed by atoms with Gasteiger partial charge in [0.05, 0.1) is 6.04 Å². The summed E-state index contributed by atoms with van der Waals surface area (Å²) in [7, 11) is 1.52. The number of hydrogen-bond donors (Lipinski definition) is 2. The number of aromatic hydroxyl groups is 1. The maximum absolute atomic E-state index is 14.0. The summed E-state index contributed by atoms with van der Waals surface area (Å²) >= 11 is 1.50. The van der Waals surface area contributed by atoms with Crippen molar-refractivity contribution in [2.24, 2.45) is 0 Å². The second kappa shape index (κ2) is 9.37. The Hall–Kier alpha value is -3.03. The maximum atomic E-state index is 14.0. The summed E-state index contributed by atoms with van der Waals surface area (Å²) in [5.74, 6) is -5.47. The van der Waals surface area contributed by atoms with Crippen molar-refractivity contribution in [3.8, 4) is 5.75 Å². The van der Waals surface area contributed by atoms with E-state index in [1.54, 1.807) is 4.90 Å². The number of fused-ring (bicyclic) bond motifs is 5. The Morgan fingerprint density at radius 2 is 2.00 bits per heavy atom. The van der Waals surface area contributed by atoms with Crippen LogP contribution in [-0.4, -0.2) is 63.1 Å². The molecular weight excluding hydrogens is 515 g/mol. The summed E-state index contributed by atoms with van der Waals surface area (Å²) in [5.41, 5.74) is -2.48. The molecule has 0 radical (unpaired) electrons. The molecule has 198 valence electrons. The molecule has 1 aromatic carbocycles. The molecule has 0 saturated carbocycles. The van der Waals surface area contributed by atoms with Crippen LogP contribution in [0.25, 0.3) is 0 Å². The molecule has 0 aliphatic carbocycles. The van der Waals surface area contributed by atoms with Gasteiger partial charge in [0.1, 0.15) is 27.9 Å². The number of amides is 2. The number of carbonyl (C=O) groups excluding carboxylic acids is 2. The normalized spacial score (nSPS) is 26.8. The summed E-state index contributed by atoms with van der Waals surface area (Å²) in [6.07, 6.45) is 1.83. The van der Waals surface area contributed by atoms with Crippen LogP contribution in [0.2, 0.25) is 0 Å². The van der Waals surface area contributed by atoms with Gasteiger partial charge in [0.15, 0.2) is 17.7 Å². The molecule has 2 saturated heterocycles. The van der Waals surface area contributed by atoms with Crippen molar-refractivity contribution >= 4 is 23.6 Å². The summed E-state index contributed by atoms with van der Waals surface area (Å²) < 4.78 is 54.3. The SMILES string of the molecule is CO[C@@H]1CS[C@@]2(CC[C@H](C)N3C[C@H]2n2cc(C(=O)NCc4c(F)cc(F)cc4F)c(=O)c(O)c2C3=O)O1. The Labute approximate surface area is 213 Å². The molecule has 3 aliphatic heterocycles. The van der Waals surface area contributed by atoms with E-state index in [9.17, 15) is 32.7 Å². The molecule has 1 spiro atoms. The molecule has 37 heavy (non-hydrogen) atoms. The van der Waals surface area contributed by atoms with Gasteiger partial charge in [-0.2, -0.15) is 0 Å². The standard InChI is InChI=1S/C24H24F3N3O6S/c1-11-3-4-24(36-18(35-2)10-37-24)17-9-29(11)23(34)19-21(32)20(31)14(8-30(17)19)22(33)28-7-13-15(26)5-12(25)6-16(13)27/h5-6,8,11,17-18,32H,3-4,7,9-10H2,1-2H3,(H,28,33)/t11-,17+,18-,24+/m0/s1. The van der Waals surface area contributed by atoms with Crippen LogP contribution in [0.5, 0.6) is 5.75 Å². The number of halogens is 3. The minimum Gasteiger partial charge on any atom is -0.503 e. The zero-order valence-electron chi connectivity index (χ0n) is 19.9. The van der Waals surface area contributed by atoms with Crippen LogP contribution in [0.15, 0.2) is 23.1 Å². The number of carbonyl (C=O) groups is 2. The molecule has 2 fully saturated rings. The third kappa shape index (κ3) is 4.18. The van der Waals surface area contributed by atoms with Crippen molar-refractivity contribution in [3.63, 3.8) is 0 Å². The number of nitrogens with one attached hydrogen (secondary N) is 1. The van der Waals surface area contributed by atoms with Crippen LogP contribution in [0.1, 0.15) is 52.2 Å². The van der Waals surface area contributed by atoms with Gasteiger partial charge in [-0.1, -0.05) is 0 Å². The zero-order valence-corrected chi connectivity index (χ0v) is 20.7. The van der Waals surface area contributed by atoms with Crippen molar-refractivity contribution in [1.29, 1.82) is 0 Å². The van der Waals surface area contributed by atoms with Crippen molar-refractivity contribution in [2.45, 2.75) is 49.6 Å². The van der Waals surface area contributed by atoms with Gasteiger partial charge in [0.2, 0.25) is 5.43 Å². The highest BCUT2D eigenvalue weighted by Gasteiger charge is 2.54. The third-order valence-electron chi connectivity index (χ3n) is 7.16. The van der Waals surface area contributed by atoms with Gasteiger partial charge in [-0.05, 0) is 19.8 Å². The zero-order chi connectivity index (χ0) is 26.6. The Kier molecular flexibility index (Phi) is 6.49. The average Bonchev–Trinajstić information content (AvgIpc) is 3.23. The van der Waals surface area contributed by atoms with Gasteiger partial charge in [-0.15, -0.1) is 11.8 Å². The summed E-state index contributed by atoms with van der Waals surface area (Å²) in [6.45, 7) is 1.42. The van der Waals surface area contributed by atoms with E-state index in [0.29, 0.717) is 30.7 Å². The smallest absolute Gasteiger partial charge is 0.274 e. The number of benzene rings is 1. The number of nitrogens with zero attached hydrogens (tertiary/aromatic N) is 2. The van der Waals surface area contributed by atoms with Crippen molar-refractivity contribution in [3.05, 3.63) is 62.8 Å². The lowest BCUT2D eigenvalue weighted by Gasteiger charge is -2.42. The number of pyridine rings is 1. The molecule has 13 heteroatoms. The van der Waals surface area contributed by atoms with E-state index in [4.69, 9.17) is 9.47 Å². The highest BCUT2D eigenvalue weighted by molar-refractivity contribution is 8.00. The lowest BCUT2D eigenvalue weighted by Crippen LogP contribution is -2.51. The first-order valence-corrected chi connectivity index (χ1v) is 12.6. The first kappa shape index (κ1) is 25.6. The van der Waals surface area contributed by atoms with Gasteiger partial charge >= 0.3 is 0 Å². The van der Waals surface area contributed by atoms with Crippen molar-refractivity contribution in [2.75, 3.05) is 19.4 Å². The minimum atomic E-state index is -1.20. The van der Waals surface area contributed by atoms with E-state index in [2.05, 4.69) is 5.32 Å². The Morgan fingerprint density at radius 1 is 1.30 bits per heavy atom. The Balaban J connectivity index is 1.55. The Morgan fingerprint density at radius 3 is 2.65 bits per heavy atom. The second-order valence-corrected chi connectivity index (χ2v) is 10.6. The highest BCUT2D eigenvalue weighted by Crippen LogP contribution is 2.52. The van der Waals surface area contributed by atoms with Crippen LogP contribution < -0.4 is 10.7 Å². The highest BCUT2D eigenvalue weighted by atomic mass is 32.2. The number of rotatable bonds is 4. The number of thioether (sulfide) groups is 1. The molecule has 4 heterocycles.